The molecule has 2 aliphatic carbocycles. The Morgan fingerprint density at radius 2 is 1.28 bits per heavy atom. The van der Waals surface area contributed by atoms with Crippen LogP contribution in [0, 0.1) is 0 Å². The number of fused-ring (bicyclic) bond motifs is 9. The predicted octanol–water partition coefficient (Wildman–Crippen LogP) is 13.1. The quantitative estimate of drug-likeness (QED) is 0.176. The molecule has 2 nitrogen and oxygen atoms in total. The van der Waals surface area contributed by atoms with Crippen LogP contribution in [0.3, 0.4) is 0 Å². The fourth-order valence-electron chi connectivity index (χ4n) is 9.31. The molecule has 11 rings (SSSR count). The van der Waals surface area contributed by atoms with Gasteiger partial charge in [0.15, 0.2) is 0 Å². The van der Waals surface area contributed by atoms with Gasteiger partial charge < -0.3 is 8.98 Å². The highest BCUT2D eigenvalue weighted by Crippen LogP contribution is 2.55. The number of furan rings is 1. The molecule has 0 fully saturated rings. The molecule has 236 valence electrons. The Labute approximate surface area is 290 Å². The van der Waals surface area contributed by atoms with E-state index in [1.165, 1.54) is 66.0 Å². The van der Waals surface area contributed by atoms with Crippen LogP contribution in [-0.2, 0) is 5.54 Å². The Morgan fingerprint density at radius 3 is 2.04 bits per heavy atom. The highest BCUT2D eigenvalue weighted by Gasteiger charge is 2.45. The molecule has 6 aromatic carbocycles. The number of hydrogen-bond acceptors (Lipinski definition) is 1. The van der Waals surface area contributed by atoms with Gasteiger partial charge >= 0.3 is 0 Å². The second kappa shape index (κ2) is 10.2. The van der Waals surface area contributed by atoms with Crippen molar-refractivity contribution >= 4 is 55.6 Å². The van der Waals surface area contributed by atoms with Crippen LogP contribution in [0.5, 0.6) is 0 Å². The number of benzene rings is 6. The van der Waals surface area contributed by atoms with Gasteiger partial charge in [-0.15, -0.1) is 0 Å². The zero-order valence-electron chi connectivity index (χ0n) is 27.7. The zero-order chi connectivity index (χ0) is 33.0. The van der Waals surface area contributed by atoms with E-state index in [0.717, 1.165) is 34.3 Å². The van der Waals surface area contributed by atoms with Crippen molar-refractivity contribution < 1.29 is 4.42 Å². The summed E-state index contributed by atoms with van der Waals surface area (Å²) in [6.45, 7) is 2.39. The molecule has 0 amide bonds. The van der Waals surface area contributed by atoms with E-state index in [4.69, 9.17) is 4.42 Å². The van der Waals surface area contributed by atoms with Gasteiger partial charge in [0.05, 0.1) is 11.1 Å². The van der Waals surface area contributed by atoms with Crippen molar-refractivity contribution in [3.8, 4) is 33.6 Å². The molecule has 8 aromatic rings. The fraction of sp³-hybridized carbons (Fsp3) is 0.0833. The van der Waals surface area contributed by atoms with E-state index < -0.39 is 0 Å². The van der Waals surface area contributed by atoms with Crippen LogP contribution in [0.15, 0.2) is 156 Å². The lowest BCUT2D eigenvalue weighted by molar-refractivity contribution is 0.401. The Kier molecular flexibility index (Phi) is 5.67. The summed E-state index contributed by atoms with van der Waals surface area (Å²) in [5.41, 5.74) is 12.0. The number of para-hydroxylation sites is 1. The van der Waals surface area contributed by atoms with Gasteiger partial charge in [-0.05, 0) is 75.9 Å². The normalized spacial score (nSPS) is 18.8. The van der Waals surface area contributed by atoms with E-state index in [2.05, 4.69) is 175 Å². The van der Waals surface area contributed by atoms with Gasteiger partial charge in [-0.3, -0.25) is 0 Å². The summed E-state index contributed by atoms with van der Waals surface area (Å²) in [4.78, 5) is 0. The van der Waals surface area contributed by atoms with Gasteiger partial charge in [-0.1, -0.05) is 140 Å². The van der Waals surface area contributed by atoms with Crippen molar-refractivity contribution in [1.82, 2.24) is 4.57 Å². The number of allylic oxidation sites excluding steroid dienone is 6. The van der Waals surface area contributed by atoms with Crippen LogP contribution in [-0.4, -0.2) is 4.57 Å². The highest BCUT2D eigenvalue weighted by molar-refractivity contribution is 6.25. The van der Waals surface area contributed by atoms with Crippen molar-refractivity contribution in [2.24, 2.45) is 0 Å². The molecule has 50 heavy (non-hydrogen) atoms. The Balaban J connectivity index is 1.28. The Hall–Kier alpha value is -6.12. The minimum atomic E-state index is -0.180. The average molecular weight is 640 g/mol. The van der Waals surface area contributed by atoms with Crippen LogP contribution in [0.2, 0.25) is 0 Å². The summed E-state index contributed by atoms with van der Waals surface area (Å²) in [6.07, 6.45) is 19.4. The maximum Gasteiger partial charge on any atom is 0.143 e. The number of aromatic nitrogens is 1. The first-order chi connectivity index (χ1) is 24.7. The van der Waals surface area contributed by atoms with Crippen molar-refractivity contribution in [2.45, 2.75) is 24.8 Å². The number of hydrogen-bond donors (Lipinski definition) is 0. The summed E-state index contributed by atoms with van der Waals surface area (Å²) in [5, 5.41) is 7.35. The van der Waals surface area contributed by atoms with Gasteiger partial charge in [0.1, 0.15) is 11.3 Å². The lowest BCUT2D eigenvalue weighted by atomic mass is 9.79. The molecule has 2 heteroatoms. The van der Waals surface area contributed by atoms with Gasteiger partial charge in [0, 0.05) is 44.6 Å². The first-order valence-corrected chi connectivity index (χ1v) is 17.6. The lowest BCUT2D eigenvalue weighted by Crippen LogP contribution is -2.31. The minimum absolute atomic E-state index is 0.180. The first kappa shape index (κ1) is 27.8. The molecule has 1 aliphatic heterocycles. The third kappa shape index (κ3) is 3.63. The molecule has 3 heterocycles. The van der Waals surface area contributed by atoms with E-state index in [1.807, 2.05) is 0 Å². The summed E-state index contributed by atoms with van der Waals surface area (Å²) in [5.74, 6) is 1.15. The third-order valence-electron chi connectivity index (χ3n) is 11.4. The lowest BCUT2D eigenvalue weighted by Gasteiger charge is -2.33. The smallest absolute Gasteiger partial charge is 0.143 e. The highest BCUT2D eigenvalue weighted by atomic mass is 16.3. The van der Waals surface area contributed by atoms with E-state index in [-0.39, 0.29) is 11.5 Å². The number of rotatable bonds is 3. The summed E-state index contributed by atoms with van der Waals surface area (Å²) in [6, 6.07) is 42.0. The van der Waals surface area contributed by atoms with Crippen molar-refractivity contribution in [1.29, 1.82) is 0 Å². The van der Waals surface area contributed by atoms with E-state index >= 15 is 0 Å². The predicted molar refractivity (Wildman–Crippen MR) is 210 cm³/mol. The van der Waals surface area contributed by atoms with Gasteiger partial charge in [0.25, 0.3) is 0 Å². The SMILES string of the molecule is CC12C=CC=CC1c1cc(-c3oc4ccccc4c3-c3c4ccccc4c(-c4ccccc4)c4ccccc34)cc3c4c(n2c13)C=CCC=C4. The average Bonchev–Trinajstić information content (AvgIpc) is 3.70. The van der Waals surface area contributed by atoms with Gasteiger partial charge in [0.2, 0.25) is 0 Å². The van der Waals surface area contributed by atoms with E-state index in [1.54, 1.807) is 0 Å². The largest absolute Gasteiger partial charge is 0.455 e. The monoisotopic (exact) mass is 639 g/mol. The van der Waals surface area contributed by atoms with Crippen molar-refractivity contribution in [3.63, 3.8) is 0 Å². The van der Waals surface area contributed by atoms with Crippen LogP contribution < -0.4 is 0 Å². The Morgan fingerprint density at radius 1 is 0.620 bits per heavy atom. The van der Waals surface area contributed by atoms with E-state index in [9.17, 15) is 0 Å². The topological polar surface area (TPSA) is 18.1 Å². The van der Waals surface area contributed by atoms with Crippen LogP contribution in [0.25, 0.3) is 89.1 Å². The minimum Gasteiger partial charge on any atom is -0.455 e. The third-order valence-corrected chi connectivity index (χ3v) is 11.4. The van der Waals surface area contributed by atoms with Crippen LogP contribution >= 0.6 is 0 Å². The molecule has 0 bridgehead atoms. The van der Waals surface area contributed by atoms with Gasteiger partial charge in [-0.25, -0.2) is 0 Å². The molecular weight excluding hydrogens is 607 g/mol. The van der Waals surface area contributed by atoms with Crippen molar-refractivity contribution in [3.05, 3.63) is 169 Å². The standard InChI is InChI=1S/C48H33NO/c1-48-27-15-14-24-40(48)39-29-31(28-38-32-18-6-3-7-25-41(32)49(48)46(38)39)47-45(37-23-12-13-26-42(37)50-47)44-35-21-10-8-19-33(35)43(30-16-4-2-5-17-30)34-20-9-11-22-36(34)44/h2,4-29,40H,3H2,1H3. The summed E-state index contributed by atoms with van der Waals surface area (Å²) in [7, 11) is 0. The molecule has 0 N–H and O–H groups in total. The second-order valence-electron chi connectivity index (χ2n) is 14.1. The van der Waals surface area contributed by atoms with E-state index in [0.29, 0.717) is 0 Å². The second-order valence-corrected chi connectivity index (χ2v) is 14.1. The van der Waals surface area contributed by atoms with Crippen LogP contribution in [0.4, 0.5) is 0 Å². The fourth-order valence-corrected chi connectivity index (χ4v) is 9.31. The molecule has 0 saturated heterocycles. The summed E-state index contributed by atoms with van der Waals surface area (Å²) < 4.78 is 9.65. The number of nitrogens with zero attached hydrogens (tertiary/aromatic N) is 1. The molecule has 0 spiro atoms. The molecule has 2 atom stereocenters. The van der Waals surface area contributed by atoms with Crippen molar-refractivity contribution in [2.75, 3.05) is 0 Å². The maximum atomic E-state index is 7.05. The van der Waals surface area contributed by atoms with Crippen LogP contribution in [0.1, 0.15) is 36.1 Å². The molecular formula is C48H33NO. The summed E-state index contributed by atoms with van der Waals surface area (Å²) >= 11 is 0. The first-order valence-electron chi connectivity index (χ1n) is 17.6. The molecule has 3 aliphatic rings. The molecule has 0 saturated carbocycles. The van der Waals surface area contributed by atoms with Gasteiger partial charge in [-0.2, -0.15) is 0 Å². The molecule has 2 unspecified atom stereocenters. The molecule has 2 aromatic heterocycles. The maximum absolute atomic E-state index is 7.05. The molecule has 0 radical (unpaired) electrons. The Bertz CT molecular complexity index is 2800. The zero-order valence-corrected chi connectivity index (χ0v) is 27.7.